The molecule has 12 heavy (non-hydrogen) atoms. The smallest absolute Gasteiger partial charge is 0.255 e. The minimum Gasteiger partial charge on any atom is -0.316 e. The Morgan fingerprint density at radius 3 is 3.00 bits per heavy atom. The second-order valence-electron chi connectivity index (χ2n) is 3.22. The number of carbonyl (C=O) groups is 1. The molecule has 1 aliphatic heterocycles. The number of hydrogen-bond donors (Lipinski definition) is 1. The zero-order chi connectivity index (χ0) is 8.97. The highest BCUT2D eigenvalue weighted by Crippen LogP contribution is 2.18. The van der Waals surface area contributed by atoms with Crippen LogP contribution < -0.4 is 5.32 Å². The standard InChI is InChI=1S/C8H13ClFNO/c9-8(12)7(10)4-6-2-1-3-11-5-6/h6-7,11H,1-5H2. The van der Waals surface area contributed by atoms with Gasteiger partial charge in [0, 0.05) is 0 Å². The molecule has 0 radical (unpaired) electrons. The van der Waals surface area contributed by atoms with Gasteiger partial charge in [-0.05, 0) is 49.9 Å². The Labute approximate surface area is 76.5 Å². The Hall–Kier alpha value is -0.150. The van der Waals surface area contributed by atoms with Gasteiger partial charge in [0.2, 0.25) is 0 Å². The topological polar surface area (TPSA) is 29.1 Å². The van der Waals surface area contributed by atoms with Crippen LogP contribution in [-0.2, 0) is 4.79 Å². The van der Waals surface area contributed by atoms with Crippen LogP contribution in [0.25, 0.3) is 0 Å². The number of nitrogens with one attached hydrogen (secondary N) is 1. The number of piperidine rings is 1. The first kappa shape index (κ1) is 9.93. The van der Waals surface area contributed by atoms with Gasteiger partial charge in [-0.2, -0.15) is 0 Å². The van der Waals surface area contributed by atoms with E-state index in [9.17, 15) is 9.18 Å². The molecule has 0 aromatic rings. The Balaban J connectivity index is 2.24. The predicted octanol–water partition coefficient (Wildman–Crippen LogP) is 1.48. The van der Waals surface area contributed by atoms with Gasteiger partial charge in [0.05, 0.1) is 0 Å². The zero-order valence-corrected chi connectivity index (χ0v) is 7.61. The quantitative estimate of drug-likeness (QED) is 0.688. The van der Waals surface area contributed by atoms with Gasteiger partial charge in [-0.25, -0.2) is 4.39 Å². The third kappa shape index (κ3) is 3.07. The summed E-state index contributed by atoms with van der Waals surface area (Å²) in [5.74, 6) is 0.274. The minimum atomic E-state index is -1.48. The summed E-state index contributed by atoms with van der Waals surface area (Å²) in [5.41, 5.74) is 0. The third-order valence-corrected chi connectivity index (χ3v) is 2.42. The molecule has 0 amide bonds. The van der Waals surface area contributed by atoms with Crippen molar-refractivity contribution in [2.45, 2.75) is 25.4 Å². The van der Waals surface area contributed by atoms with Crippen LogP contribution in [0.2, 0.25) is 0 Å². The summed E-state index contributed by atoms with van der Waals surface area (Å²) in [4.78, 5) is 10.4. The molecule has 0 saturated carbocycles. The Morgan fingerprint density at radius 2 is 2.50 bits per heavy atom. The average molecular weight is 194 g/mol. The van der Waals surface area contributed by atoms with Gasteiger partial charge >= 0.3 is 0 Å². The molecule has 1 aliphatic rings. The number of alkyl halides is 1. The van der Waals surface area contributed by atoms with E-state index in [4.69, 9.17) is 11.6 Å². The molecule has 0 aliphatic carbocycles. The monoisotopic (exact) mass is 193 g/mol. The summed E-state index contributed by atoms with van der Waals surface area (Å²) in [5, 5.41) is 2.30. The lowest BCUT2D eigenvalue weighted by atomic mass is 9.94. The van der Waals surface area contributed by atoms with E-state index >= 15 is 0 Å². The van der Waals surface area contributed by atoms with Gasteiger partial charge in [0.15, 0.2) is 6.17 Å². The number of rotatable bonds is 3. The maximum atomic E-state index is 12.8. The largest absolute Gasteiger partial charge is 0.316 e. The lowest BCUT2D eigenvalue weighted by Gasteiger charge is -2.22. The van der Waals surface area contributed by atoms with Gasteiger partial charge in [-0.15, -0.1) is 0 Å². The van der Waals surface area contributed by atoms with Crippen molar-refractivity contribution in [2.75, 3.05) is 13.1 Å². The first-order valence-electron chi connectivity index (χ1n) is 4.24. The fraction of sp³-hybridized carbons (Fsp3) is 0.875. The Kier molecular flexibility index (Phi) is 3.95. The minimum absolute atomic E-state index is 0.273. The van der Waals surface area contributed by atoms with Crippen LogP contribution in [0, 0.1) is 5.92 Å². The van der Waals surface area contributed by atoms with Crippen LogP contribution in [0.5, 0.6) is 0 Å². The van der Waals surface area contributed by atoms with Gasteiger partial charge < -0.3 is 5.32 Å². The normalized spacial score (nSPS) is 26.7. The molecule has 1 N–H and O–H groups in total. The van der Waals surface area contributed by atoms with E-state index in [1.807, 2.05) is 0 Å². The summed E-state index contributed by atoms with van der Waals surface area (Å²) < 4.78 is 12.8. The summed E-state index contributed by atoms with van der Waals surface area (Å²) in [6.07, 6.45) is 0.859. The van der Waals surface area contributed by atoms with Gasteiger partial charge in [0.25, 0.3) is 5.24 Å². The maximum absolute atomic E-state index is 12.8. The number of carbonyl (C=O) groups excluding carboxylic acids is 1. The first-order valence-corrected chi connectivity index (χ1v) is 4.62. The van der Waals surface area contributed by atoms with Crippen molar-refractivity contribution in [1.82, 2.24) is 5.32 Å². The number of hydrogen-bond acceptors (Lipinski definition) is 2. The first-order chi connectivity index (χ1) is 5.70. The molecular weight excluding hydrogens is 181 g/mol. The van der Waals surface area contributed by atoms with E-state index in [0.29, 0.717) is 0 Å². The third-order valence-electron chi connectivity index (χ3n) is 2.19. The molecule has 0 spiro atoms. The zero-order valence-electron chi connectivity index (χ0n) is 6.85. The molecule has 0 aromatic heterocycles. The van der Waals surface area contributed by atoms with Gasteiger partial charge in [-0.1, -0.05) is 0 Å². The highest BCUT2D eigenvalue weighted by Gasteiger charge is 2.22. The molecule has 0 aromatic carbocycles. The highest BCUT2D eigenvalue weighted by atomic mass is 35.5. The van der Waals surface area contributed by atoms with Crippen LogP contribution in [0.4, 0.5) is 4.39 Å². The molecule has 1 heterocycles. The van der Waals surface area contributed by atoms with Crippen molar-refractivity contribution in [3.63, 3.8) is 0 Å². The van der Waals surface area contributed by atoms with Crippen LogP contribution in [0.3, 0.4) is 0 Å². The summed E-state index contributed by atoms with van der Waals surface area (Å²) >= 11 is 5.01. The lowest BCUT2D eigenvalue weighted by Crippen LogP contribution is -2.32. The van der Waals surface area contributed by atoms with Gasteiger partial charge in [-0.3, -0.25) is 4.79 Å². The van der Waals surface area contributed by atoms with Crippen molar-refractivity contribution in [3.05, 3.63) is 0 Å². The summed E-state index contributed by atoms with van der Waals surface area (Å²) in [7, 11) is 0. The van der Waals surface area contributed by atoms with E-state index in [-0.39, 0.29) is 12.3 Å². The highest BCUT2D eigenvalue weighted by molar-refractivity contribution is 6.64. The van der Waals surface area contributed by atoms with Crippen LogP contribution in [-0.4, -0.2) is 24.5 Å². The molecule has 2 unspecified atom stereocenters. The molecular formula is C8H13ClFNO. The van der Waals surface area contributed by atoms with Crippen LogP contribution in [0.15, 0.2) is 0 Å². The molecule has 2 atom stereocenters. The molecule has 70 valence electrons. The molecule has 0 bridgehead atoms. The lowest BCUT2D eigenvalue weighted by molar-refractivity contribution is -0.116. The fourth-order valence-corrected chi connectivity index (χ4v) is 1.60. The van der Waals surface area contributed by atoms with Crippen LogP contribution >= 0.6 is 11.6 Å². The number of halogens is 2. The maximum Gasteiger partial charge on any atom is 0.255 e. The van der Waals surface area contributed by atoms with E-state index in [2.05, 4.69) is 5.32 Å². The summed E-state index contributed by atoms with van der Waals surface area (Å²) in [6, 6.07) is 0. The molecule has 4 heteroatoms. The molecule has 1 rings (SSSR count). The van der Waals surface area contributed by atoms with E-state index in [1.165, 1.54) is 0 Å². The molecule has 1 saturated heterocycles. The SMILES string of the molecule is O=C(Cl)C(F)CC1CCCNC1. The molecule has 1 fully saturated rings. The summed E-state index contributed by atoms with van der Waals surface area (Å²) in [6.45, 7) is 1.81. The van der Waals surface area contributed by atoms with Crippen molar-refractivity contribution in [2.24, 2.45) is 5.92 Å². The average Bonchev–Trinajstić information content (AvgIpc) is 2.06. The van der Waals surface area contributed by atoms with Crippen molar-refractivity contribution in [1.29, 1.82) is 0 Å². The predicted molar refractivity (Wildman–Crippen MR) is 46.0 cm³/mol. The van der Waals surface area contributed by atoms with E-state index in [1.54, 1.807) is 0 Å². The second kappa shape index (κ2) is 4.77. The van der Waals surface area contributed by atoms with E-state index < -0.39 is 11.4 Å². The Morgan fingerprint density at radius 1 is 1.75 bits per heavy atom. The van der Waals surface area contributed by atoms with Crippen molar-refractivity contribution < 1.29 is 9.18 Å². The van der Waals surface area contributed by atoms with Crippen LogP contribution in [0.1, 0.15) is 19.3 Å². The molecule has 2 nitrogen and oxygen atoms in total. The van der Waals surface area contributed by atoms with E-state index in [0.717, 1.165) is 25.9 Å². The Bertz CT molecular complexity index is 159. The van der Waals surface area contributed by atoms with Gasteiger partial charge in [0.1, 0.15) is 0 Å². The second-order valence-corrected chi connectivity index (χ2v) is 3.59. The van der Waals surface area contributed by atoms with Crippen molar-refractivity contribution in [3.8, 4) is 0 Å². The van der Waals surface area contributed by atoms with Crippen molar-refractivity contribution >= 4 is 16.8 Å². The fourth-order valence-electron chi connectivity index (χ4n) is 1.51.